The van der Waals surface area contributed by atoms with Gasteiger partial charge in [0.15, 0.2) is 0 Å². The summed E-state index contributed by atoms with van der Waals surface area (Å²) in [5.74, 6) is 0. The number of hydrogen-bond acceptors (Lipinski definition) is 2. The van der Waals surface area contributed by atoms with Crippen LogP contribution in [0.1, 0.15) is 73.1 Å². The van der Waals surface area contributed by atoms with Gasteiger partial charge in [-0.2, -0.15) is 0 Å². The minimum atomic E-state index is 0.236. The Labute approximate surface area is 144 Å². The van der Waals surface area contributed by atoms with Gasteiger partial charge in [-0.15, -0.1) is 0 Å². The first-order chi connectivity index (χ1) is 10.9. The van der Waals surface area contributed by atoms with E-state index in [9.17, 15) is 0 Å². The zero-order valence-electron chi connectivity index (χ0n) is 16.0. The number of hydrogen-bond donors (Lipinski definition) is 1. The summed E-state index contributed by atoms with van der Waals surface area (Å²) in [4.78, 5) is 2.57. The van der Waals surface area contributed by atoms with Gasteiger partial charge in [0.25, 0.3) is 0 Å². The molecule has 0 atom stereocenters. The fourth-order valence-corrected chi connectivity index (χ4v) is 3.48. The molecular weight excluding hydrogens is 280 g/mol. The van der Waals surface area contributed by atoms with Crippen molar-refractivity contribution in [3.8, 4) is 0 Å². The first kappa shape index (κ1) is 19.6. The van der Waals surface area contributed by atoms with E-state index in [1.807, 2.05) is 6.92 Å². The number of allylic oxidation sites excluding steroid dienone is 5. The maximum absolute atomic E-state index is 4.26. The van der Waals surface area contributed by atoms with Crippen molar-refractivity contribution in [2.24, 2.45) is 0 Å². The maximum atomic E-state index is 4.26. The highest BCUT2D eigenvalue weighted by atomic mass is 15.3. The highest BCUT2D eigenvalue weighted by Gasteiger charge is 2.37. The third-order valence-corrected chi connectivity index (χ3v) is 5.10. The van der Waals surface area contributed by atoms with E-state index >= 15 is 0 Å². The third-order valence-electron chi connectivity index (χ3n) is 5.10. The van der Waals surface area contributed by atoms with Crippen LogP contribution in [0.3, 0.4) is 0 Å². The Morgan fingerprint density at radius 3 is 2.17 bits per heavy atom. The lowest BCUT2D eigenvalue weighted by molar-refractivity contribution is 0.0756. The first-order valence-electron chi connectivity index (χ1n) is 9.04. The summed E-state index contributed by atoms with van der Waals surface area (Å²) in [7, 11) is 0. The predicted molar refractivity (Wildman–Crippen MR) is 103 cm³/mol. The molecule has 0 aromatic rings. The first-order valence-corrected chi connectivity index (χ1v) is 9.04. The highest BCUT2D eigenvalue weighted by Crippen LogP contribution is 2.39. The van der Waals surface area contributed by atoms with Crippen LogP contribution in [0.4, 0.5) is 0 Å². The van der Waals surface area contributed by atoms with Crippen LogP contribution in [-0.2, 0) is 0 Å². The summed E-state index contributed by atoms with van der Waals surface area (Å²) in [6, 6.07) is 0. The fourth-order valence-electron chi connectivity index (χ4n) is 3.48. The van der Waals surface area contributed by atoms with Crippen LogP contribution in [0.5, 0.6) is 0 Å². The lowest BCUT2D eigenvalue weighted by atomic mass is 9.77. The van der Waals surface area contributed by atoms with Crippen molar-refractivity contribution in [3.05, 3.63) is 47.9 Å². The van der Waals surface area contributed by atoms with Crippen LogP contribution in [-0.4, -0.2) is 17.1 Å². The van der Waals surface area contributed by atoms with Gasteiger partial charge in [0, 0.05) is 16.9 Å². The van der Waals surface area contributed by atoms with Gasteiger partial charge in [0.1, 0.15) is 0 Å². The minimum absolute atomic E-state index is 0.236. The van der Waals surface area contributed by atoms with Gasteiger partial charge in [-0.3, -0.25) is 0 Å². The van der Waals surface area contributed by atoms with Crippen molar-refractivity contribution in [2.75, 3.05) is 6.67 Å². The Balaban J connectivity index is 3.27. The van der Waals surface area contributed by atoms with E-state index in [1.54, 1.807) is 0 Å². The molecule has 0 radical (unpaired) electrons. The predicted octanol–water partition coefficient (Wildman–Crippen LogP) is 5.91. The van der Waals surface area contributed by atoms with Crippen molar-refractivity contribution >= 4 is 0 Å². The summed E-state index contributed by atoms with van der Waals surface area (Å²) in [5.41, 5.74) is 4.93. The van der Waals surface area contributed by atoms with E-state index in [0.717, 1.165) is 17.9 Å². The molecular formula is C21H36N2. The summed E-state index contributed by atoms with van der Waals surface area (Å²) in [5, 5.41) is 3.46. The van der Waals surface area contributed by atoms with Gasteiger partial charge in [0.05, 0.1) is 6.67 Å². The zero-order valence-corrected chi connectivity index (χ0v) is 16.0. The second kappa shape index (κ2) is 9.00. The molecule has 0 aromatic heterocycles. The molecule has 1 N–H and O–H groups in total. The molecule has 130 valence electrons. The second-order valence-electron chi connectivity index (χ2n) is 7.02. The van der Waals surface area contributed by atoms with Gasteiger partial charge in [0.2, 0.25) is 0 Å². The third kappa shape index (κ3) is 5.30. The molecule has 0 amide bonds. The topological polar surface area (TPSA) is 15.3 Å². The van der Waals surface area contributed by atoms with Crippen LogP contribution in [0.15, 0.2) is 47.9 Å². The monoisotopic (exact) mass is 316 g/mol. The molecule has 1 fully saturated rings. The Bertz CT molecular complexity index is 476. The number of rotatable bonds is 8. The van der Waals surface area contributed by atoms with Crippen LogP contribution in [0.25, 0.3) is 0 Å². The molecule has 1 aliphatic rings. The van der Waals surface area contributed by atoms with Gasteiger partial charge in [-0.1, -0.05) is 51.0 Å². The molecule has 0 aromatic carbocycles. The smallest absolute Gasteiger partial charge is 0.0879 e. The van der Waals surface area contributed by atoms with E-state index in [2.05, 4.69) is 63.2 Å². The van der Waals surface area contributed by atoms with E-state index < -0.39 is 0 Å². The average Bonchev–Trinajstić information content (AvgIpc) is 2.53. The number of nitrogens with one attached hydrogen (secondary N) is 1. The van der Waals surface area contributed by atoms with E-state index in [-0.39, 0.29) is 5.54 Å². The fraction of sp³-hybridized carbons (Fsp3) is 0.619. The van der Waals surface area contributed by atoms with Crippen LogP contribution in [0, 0.1) is 0 Å². The van der Waals surface area contributed by atoms with Crippen LogP contribution >= 0.6 is 0 Å². The van der Waals surface area contributed by atoms with Crippen molar-refractivity contribution in [1.82, 2.24) is 10.2 Å². The highest BCUT2D eigenvalue weighted by molar-refractivity contribution is 5.34. The Morgan fingerprint density at radius 2 is 1.74 bits per heavy atom. The molecule has 0 saturated heterocycles. The molecule has 1 saturated carbocycles. The SMILES string of the molecule is C=C(C)NCN(/C(=C\C(C)=C\C)C(=C)C)C1(CC)CCCCC1. The summed E-state index contributed by atoms with van der Waals surface area (Å²) in [6.45, 7) is 19.8. The van der Waals surface area contributed by atoms with Crippen molar-refractivity contribution < 1.29 is 0 Å². The normalized spacial score (nSPS) is 18.5. The van der Waals surface area contributed by atoms with Crippen molar-refractivity contribution in [3.63, 3.8) is 0 Å². The largest absolute Gasteiger partial charge is 0.372 e. The molecule has 0 spiro atoms. The second-order valence-corrected chi connectivity index (χ2v) is 7.02. The van der Waals surface area contributed by atoms with E-state index in [1.165, 1.54) is 49.8 Å². The quantitative estimate of drug-likeness (QED) is 0.442. The van der Waals surface area contributed by atoms with Crippen LogP contribution < -0.4 is 5.32 Å². The minimum Gasteiger partial charge on any atom is -0.372 e. The molecule has 0 bridgehead atoms. The summed E-state index contributed by atoms with van der Waals surface area (Å²) < 4.78 is 0. The van der Waals surface area contributed by atoms with Gasteiger partial charge >= 0.3 is 0 Å². The Hall–Kier alpha value is -1.44. The van der Waals surface area contributed by atoms with E-state index in [0.29, 0.717) is 0 Å². The van der Waals surface area contributed by atoms with Crippen molar-refractivity contribution in [2.45, 2.75) is 78.7 Å². The van der Waals surface area contributed by atoms with Gasteiger partial charge in [-0.25, -0.2) is 0 Å². The molecule has 2 heteroatoms. The van der Waals surface area contributed by atoms with Gasteiger partial charge < -0.3 is 10.2 Å². The molecule has 0 unspecified atom stereocenters. The summed E-state index contributed by atoms with van der Waals surface area (Å²) in [6.07, 6.45) is 12.2. The van der Waals surface area contributed by atoms with Crippen LogP contribution in [0.2, 0.25) is 0 Å². The zero-order chi connectivity index (χ0) is 17.5. The Kier molecular flexibility index (Phi) is 7.67. The molecule has 1 rings (SSSR count). The average molecular weight is 317 g/mol. The Morgan fingerprint density at radius 1 is 1.13 bits per heavy atom. The van der Waals surface area contributed by atoms with E-state index in [4.69, 9.17) is 0 Å². The van der Waals surface area contributed by atoms with Gasteiger partial charge in [-0.05, 0) is 58.6 Å². The maximum Gasteiger partial charge on any atom is 0.0879 e. The summed E-state index contributed by atoms with van der Waals surface area (Å²) >= 11 is 0. The lowest BCUT2D eigenvalue weighted by Crippen LogP contribution is -2.52. The molecule has 1 aliphatic carbocycles. The molecule has 0 heterocycles. The molecule has 23 heavy (non-hydrogen) atoms. The molecule has 2 nitrogen and oxygen atoms in total. The number of nitrogens with zero attached hydrogens (tertiary/aromatic N) is 1. The standard InChI is InChI=1S/C21H36N2/c1-8-19(7)15-20(17(3)4)23(16-22-18(5)6)21(9-2)13-11-10-12-14-21/h8,15,22H,3,5,9-14,16H2,1-2,4,6-7H3/b19-8+,20-15-. The molecule has 0 aliphatic heterocycles. The van der Waals surface area contributed by atoms with Crippen molar-refractivity contribution in [1.29, 1.82) is 0 Å². The lowest BCUT2D eigenvalue weighted by Gasteiger charge is -2.49.